The largest absolute Gasteiger partial charge is 0.338 e. The number of likely N-dealkylation sites (N-methyl/N-ethyl adjacent to an activating group) is 1. The van der Waals surface area contributed by atoms with E-state index in [9.17, 15) is 4.79 Å². The quantitative estimate of drug-likeness (QED) is 0.804. The van der Waals surface area contributed by atoms with Crippen LogP contribution < -0.4 is 10.6 Å². The molecule has 2 amide bonds. The van der Waals surface area contributed by atoms with Gasteiger partial charge in [0.1, 0.15) is 0 Å². The van der Waals surface area contributed by atoms with E-state index in [2.05, 4.69) is 41.5 Å². The number of amides is 2. The van der Waals surface area contributed by atoms with Crippen LogP contribution in [0.3, 0.4) is 0 Å². The second-order valence-corrected chi connectivity index (χ2v) is 5.71. The van der Waals surface area contributed by atoms with Crippen LogP contribution in [0.15, 0.2) is 30.3 Å². The molecule has 0 aromatic heterocycles. The normalized spacial score (nSPS) is 12.5. The van der Waals surface area contributed by atoms with Crippen molar-refractivity contribution in [3.05, 3.63) is 35.9 Å². The lowest BCUT2D eigenvalue weighted by Crippen LogP contribution is -2.41. The number of rotatable bonds is 7. The van der Waals surface area contributed by atoms with Crippen LogP contribution in [-0.4, -0.2) is 38.1 Å². The van der Waals surface area contributed by atoms with Crippen molar-refractivity contribution in [1.29, 1.82) is 0 Å². The number of carbonyl (C=O) groups is 1. The molecule has 20 heavy (non-hydrogen) atoms. The number of carbonyl (C=O) groups excluding carboxylic acids is 1. The van der Waals surface area contributed by atoms with E-state index < -0.39 is 0 Å². The van der Waals surface area contributed by atoms with Gasteiger partial charge in [0.2, 0.25) is 0 Å². The first-order chi connectivity index (χ1) is 9.50. The first kappa shape index (κ1) is 16.5. The minimum absolute atomic E-state index is 0.0894. The number of hydrogen-bond acceptors (Lipinski definition) is 2. The van der Waals surface area contributed by atoms with Crippen molar-refractivity contribution in [3.8, 4) is 0 Å². The van der Waals surface area contributed by atoms with Gasteiger partial charge >= 0.3 is 6.03 Å². The summed E-state index contributed by atoms with van der Waals surface area (Å²) in [4.78, 5) is 13.9. The van der Waals surface area contributed by atoms with Gasteiger partial charge in [0.25, 0.3) is 0 Å². The molecule has 1 atom stereocenters. The third-order valence-corrected chi connectivity index (χ3v) is 3.27. The van der Waals surface area contributed by atoms with Gasteiger partial charge in [0, 0.05) is 13.1 Å². The molecule has 0 aliphatic carbocycles. The van der Waals surface area contributed by atoms with Crippen LogP contribution in [0.4, 0.5) is 4.79 Å². The SMILES string of the molecule is CC(C)CCNC(=O)NCC(c1ccccc1)N(C)C. The van der Waals surface area contributed by atoms with E-state index in [1.54, 1.807) is 0 Å². The summed E-state index contributed by atoms with van der Waals surface area (Å²) in [6.45, 7) is 5.63. The maximum absolute atomic E-state index is 11.7. The molecule has 0 heterocycles. The number of benzene rings is 1. The van der Waals surface area contributed by atoms with E-state index in [0.717, 1.165) is 13.0 Å². The van der Waals surface area contributed by atoms with Crippen molar-refractivity contribution in [1.82, 2.24) is 15.5 Å². The molecule has 0 spiro atoms. The molecule has 4 heteroatoms. The molecule has 0 saturated carbocycles. The van der Waals surface area contributed by atoms with Crippen LogP contribution in [0.25, 0.3) is 0 Å². The molecule has 4 nitrogen and oxygen atoms in total. The summed E-state index contributed by atoms with van der Waals surface area (Å²) in [5, 5.41) is 5.84. The molecule has 1 aromatic carbocycles. The fourth-order valence-corrected chi connectivity index (χ4v) is 2.00. The number of urea groups is 1. The molecule has 1 aromatic rings. The van der Waals surface area contributed by atoms with Gasteiger partial charge in [0.15, 0.2) is 0 Å². The van der Waals surface area contributed by atoms with E-state index in [1.807, 2.05) is 32.3 Å². The second kappa shape index (κ2) is 8.59. The van der Waals surface area contributed by atoms with E-state index in [-0.39, 0.29) is 12.1 Å². The Morgan fingerprint density at radius 2 is 1.80 bits per heavy atom. The van der Waals surface area contributed by atoms with Gasteiger partial charge in [-0.15, -0.1) is 0 Å². The Morgan fingerprint density at radius 1 is 1.15 bits per heavy atom. The van der Waals surface area contributed by atoms with Gasteiger partial charge in [0.05, 0.1) is 6.04 Å². The zero-order valence-corrected chi connectivity index (χ0v) is 13.0. The molecule has 0 bridgehead atoms. The highest BCUT2D eigenvalue weighted by Gasteiger charge is 2.14. The van der Waals surface area contributed by atoms with Crippen molar-refractivity contribution in [2.75, 3.05) is 27.2 Å². The fourth-order valence-electron chi connectivity index (χ4n) is 2.00. The summed E-state index contributed by atoms with van der Waals surface area (Å²) in [5.74, 6) is 0.606. The summed E-state index contributed by atoms with van der Waals surface area (Å²) >= 11 is 0. The first-order valence-electron chi connectivity index (χ1n) is 7.23. The Balaban J connectivity index is 2.42. The highest BCUT2D eigenvalue weighted by Crippen LogP contribution is 2.16. The van der Waals surface area contributed by atoms with Gasteiger partial charge in [-0.05, 0) is 32.0 Å². The van der Waals surface area contributed by atoms with E-state index in [0.29, 0.717) is 12.5 Å². The van der Waals surface area contributed by atoms with Crippen molar-refractivity contribution in [2.45, 2.75) is 26.3 Å². The number of nitrogens with zero attached hydrogens (tertiary/aromatic N) is 1. The summed E-state index contributed by atoms with van der Waals surface area (Å²) < 4.78 is 0. The molecule has 0 saturated heterocycles. The molecule has 0 aliphatic heterocycles. The lowest BCUT2D eigenvalue weighted by Gasteiger charge is -2.25. The molecular weight excluding hydrogens is 250 g/mol. The first-order valence-corrected chi connectivity index (χ1v) is 7.23. The van der Waals surface area contributed by atoms with Crippen LogP contribution in [0.1, 0.15) is 31.9 Å². The van der Waals surface area contributed by atoms with Gasteiger partial charge in [-0.2, -0.15) is 0 Å². The molecule has 112 valence electrons. The Bertz CT molecular complexity index is 390. The van der Waals surface area contributed by atoms with E-state index in [1.165, 1.54) is 5.56 Å². The summed E-state index contributed by atoms with van der Waals surface area (Å²) in [7, 11) is 4.05. The van der Waals surface area contributed by atoms with E-state index >= 15 is 0 Å². The van der Waals surface area contributed by atoms with Crippen molar-refractivity contribution >= 4 is 6.03 Å². The third-order valence-electron chi connectivity index (χ3n) is 3.27. The van der Waals surface area contributed by atoms with Crippen LogP contribution in [-0.2, 0) is 0 Å². The average Bonchev–Trinajstić information content (AvgIpc) is 2.39. The Kier molecular flexibility index (Phi) is 7.09. The Labute approximate surface area is 122 Å². The highest BCUT2D eigenvalue weighted by atomic mass is 16.2. The van der Waals surface area contributed by atoms with Crippen LogP contribution in [0.5, 0.6) is 0 Å². The monoisotopic (exact) mass is 277 g/mol. The smallest absolute Gasteiger partial charge is 0.314 e. The molecule has 1 rings (SSSR count). The molecule has 0 aliphatic rings. The minimum atomic E-state index is -0.0894. The molecule has 0 fully saturated rings. The summed E-state index contributed by atoms with van der Waals surface area (Å²) in [5.41, 5.74) is 1.21. The van der Waals surface area contributed by atoms with Crippen molar-refractivity contribution in [2.24, 2.45) is 5.92 Å². The summed E-state index contributed by atoms with van der Waals surface area (Å²) in [6, 6.07) is 10.3. The number of hydrogen-bond donors (Lipinski definition) is 2. The van der Waals surface area contributed by atoms with Crippen LogP contribution in [0, 0.1) is 5.92 Å². The Morgan fingerprint density at radius 3 is 2.35 bits per heavy atom. The summed E-state index contributed by atoms with van der Waals surface area (Å²) in [6.07, 6.45) is 1.00. The lowest BCUT2D eigenvalue weighted by atomic mass is 10.1. The lowest BCUT2D eigenvalue weighted by molar-refractivity contribution is 0.232. The van der Waals surface area contributed by atoms with Gasteiger partial charge in [-0.25, -0.2) is 4.79 Å². The predicted octanol–water partition coefficient (Wildman–Crippen LogP) is 2.63. The van der Waals surface area contributed by atoms with Gasteiger partial charge < -0.3 is 15.5 Å². The average molecular weight is 277 g/mol. The second-order valence-electron chi connectivity index (χ2n) is 5.71. The topological polar surface area (TPSA) is 44.4 Å². The van der Waals surface area contributed by atoms with Crippen LogP contribution >= 0.6 is 0 Å². The zero-order chi connectivity index (χ0) is 15.0. The Hall–Kier alpha value is -1.55. The predicted molar refractivity (Wildman–Crippen MR) is 83.7 cm³/mol. The fraction of sp³-hybridized carbons (Fsp3) is 0.562. The van der Waals surface area contributed by atoms with Gasteiger partial charge in [-0.3, -0.25) is 0 Å². The van der Waals surface area contributed by atoms with Crippen molar-refractivity contribution < 1.29 is 4.79 Å². The molecule has 0 radical (unpaired) electrons. The van der Waals surface area contributed by atoms with Gasteiger partial charge in [-0.1, -0.05) is 44.2 Å². The molecule has 2 N–H and O–H groups in total. The van der Waals surface area contributed by atoms with Crippen molar-refractivity contribution in [3.63, 3.8) is 0 Å². The van der Waals surface area contributed by atoms with E-state index in [4.69, 9.17) is 0 Å². The maximum Gasteiger partial charge on any atom is 0.314 e. The standard InChI is InChI=1S/C16H27N3O/c1-13(2)10-11-17-16(20)18-12-15(19(3)4)14-8-6-5-7-9-14/h5-9,13,15H,10-12H2,1-4H3,(H2,17,18,20). The molecule has 1 unspecified atom stereocenters. The highest BCUT2D eigenvalue weighted by molar-refractivity contribution is 5.73. The molecular formula is C16H27N3O. The number of nitrogens with one attached hydrogen (secondary N) is 2. The minimum Gasteiger partial charge on any atom is -0.338 e. The van der Waals surface area contributed by atoms with Crippen LogP contribution in [0.2, 0.25) is 0 Å². The third kappa shape index (κ3) is 6.06. The maximum atomic E-state index is 11.7. The zero-order valence-electron chi connectivity index (χ0n) is 13.0.